The Morgan fingerprint density at radius 2 is 2.24 bits per heavy atom. The van der Waals surface area contributed by atoms with Crippen molar-refractivity contribution in [3.8, 4) is 0 Å². The molecule has 0 saturated heterocycles. The van der Waals surface area contributed by atoms with E-state index in [9.17, 15) is 0 Å². The summed E-state index contributed by atoms with van der Waals surface area (Å²) in [6.45, 7) is 8.26. The molecule has 1 atom stereocenters. The molecule has 3 heteroatoms. The fourth-order valence-corrected chi connectivity index (χ4v) is 2.10. The van der Waals surface area contributed by atoms with E-state index in [1.165, 1.54) is 16.7 Å². The van der Waals surface area contributed by atoms with Gasteiger partial charge >= 0.3 is 0 Å². The number of guanidine groups is 1. The van der Waals surface area contributed by atoms with Crippen molar-refractivity contribution in [2.24, 2.45) is 4.99 Å². The predicted molar refractivity (Wildman–Crippen MR) is 72.5 cm³/mol. The van der Waals surface area contributed by atoms with Gasteiger partial charge in [-0.25, -0.2) is 0 Å². The largest absolute Gasteiger partial charge is 0.356 e. The van der Waals surface area contributed by atoms with Crippen molar-refractivity contribution in [3.05, 3.63) is 34.9 Å². The fourth-order valence-electron chi connectivity index (χ4n) is 2.10. The van der Waals surface area contributed by atoms with Crippen LogP contribution >= 0.6 is 0 Å². The van der Waals surface area contributed by atoms with Gasteiger partial charge in [-0.05, 0) is 38.3 Å². The second-order valence-electron chi connectivity index (χ2n) is 4.84. The highest BCUT2D eigenvalue weighted by molar-refractivity contribution is 5.81. The van der Waals surface area contributed by atoms with Crippen molar-refractivity contribution in [1.82, 2.24) is 10.6 Å². The lowest BCUT2D eigenvalue weighted by Crippen LogP contribution is -2.38. The Bertz CT molecular complexity index is 423. The molecule has 0 amide bonds. The zero-order valence-electron chi connectivity index (χ0n) is 10.9. The molecule has 2 N–H and O–H groups in total. The molecule has 3 nitrogen and oxygen atoms in total. The molecular weight excluding hydrogens is 210 g/mol. The van der Waals surface area contributed by atoms with E-state index in [4.69, 9.17) is 0 Å². The van der Waals surface area contributed by atoms with Crippen LogP contribution in [-0.4, -0.2) is 25.1 Å². The second-order valence-corrected chi connectivity index (χ2v) is 4.84. The van der Waals surface area contributed by atoms with E-state index in [-0.39, 0.29) is 0 Å². The standard InChI is InChI=1S/C14H21N3/c1-10-4-5-13(11(2)8-10)6-7-15-14-16-9-12(3)17-14/h4-5,8,12H,6-7,9H2,1-3H3,(H2,15,16,17). The van der Waals surface area contributed by atoms with Gasteiger partial charge in [0.2, 0.25) is 0 Å². The minimum absolute atomic E-state index is 0.471. The van der Waals surface area contributed by atoms with E-state index in [0.717, 1.165) is 25.5 Å². The quantitative estimate of drug-likeness (QED) is 0.832. The van der Waals surface area contributed by atoms with E-state index in [1.54, 1.807) is 0 Å². The highest BCUT2D eigenvalue weighted by Gasteiger charge is 2.11. The predicted octanol–water partition coefficient (Wildman–Crippen LogP) is 1.78. The highest BCUT2D eigenvalue weighted by Crippen LogP contribution is 2.10. The zero-order valence-corrected chi connectivity index (χ0v) is 10.9. The van der Waals surface area contributed by atoms with Gasteiger partial charge < -0.3 is 10.6 Å². The molecule has 92 valence electrons. The normalized spacial score (nSPS) is 18.8. The van der Waals surface area contributed by atoms with Crippen molar-refractivity contribution in [3.63, 3.8) is 0 Å². The zero-order chi connectivity index (χ0) is 12.3. The Kier molecular flexibility index (Phi) is 3.67. The SMILES string of the molecule is Cc1ccc(CCNC2=NCC(C)N2)c(C)c1. The van der Waals surface area contributed by atoms with Gasteiger partial charge in [-0.15, -0.1) is 0 Å². The van der Waals surface area contributed by atoms with Crippen molar-refractivity contribution < 1.29 is 0 Å². The van der Waals surface area contributed by atoms with Crippen LogP contribution in [0.3, 0.4) is 0 Å². The second kappa shape index (κ2) is 5.21. The summed E-state index contributed by atoms with van der Waals surface area (Å²) >= 11 is 0. The van der Waals surface area contributed by atoms with Crippen LogP contribution in [0.25, 0.3) is 0 Å². The summed E-state index contributed by atoms with van der Waals surface area (Å²) in [4.78, 5) is 4.38. The summed E-state index contributed by atoms with van der Waals surface area (Å²) in [5.74, 6) is 0.947. The molecule has 1 aromatic carbocycles. The summed E-state index contributed by atoms with van der Waals surface area (Å²) in [7, 11) is 0. The van der Waals surface area contributed by atoms with Crippen LogP contribution in [0.15, 0.2) is 23.2 Å². The number of hydrogen-bond donors (Lipinski definition) is 2. The van der Waals surface area contributed by atoms with Crippen molar-refractivity contribution in [1.29, 1.82) is 0 Å². The van der Waals surface area contributed by atoms with Gasteiger partial charge in [0.1, 0.15) is 0 Å². The monoisotopic (exact) mass is 231 g/mol. The van der Waals surface area contributed by atoms with E-state index in [2.05, 4.69) is 54.6 Å². The van der Waals surface area contributed by atoms with Gasteiger partial charge in [0.15, 0.2) is 5.96 Å². The molecule has 0 aliphatic carbocycles. The topological polar surface area (TPSA) is 36.4 Å². The van der Waals surface area contributed by atoms with Crippen LogP contribution in [0.5, 0.6) is 0 Å². The van der Waals surface area contributed by atoms with Gasteiger partial charge in [0, 0.05) is 12.6 Å². The third-order valence-corrected chi connectivity index (χ3v) is 3.09. The molecule has 0 spiro atoms. The molecule has 1 heterocycles. The Hall–Kier alpha value is -1.51. The van der Waals surface area contributed by atoms with Crippen LogP contribution < -0.4 is 10.6 Å². The molecular formula is C14H21N3. The van der Waals surface area contributed by atoms with Crippen LogP contribution in [-0.2, 0) is 6.42 Å². The summed E-state index contributed by atoms with van der Waals surface area (Å²) < 4.78 is 0. The Labute approximate surface area is 103 Å². The van der Waals surface area contributed by atoms with Crippen LogP contribution in [0.4, 0.5) is 0 Å². The number of aliphatic imine (C=N–C) groups is 1. The fraction of sp³-hybridized carbons (Fsp3) is 0.500. The van der Waals surface area contributed by atoms with Gasteiger partial charge in [-0.3, -0.25) is 4.99 Å². The Morgan fingerprint density at radius 3 is 2.88 bits per heavy atom. The van der Waals surface area contributed by atoms with Crippen LogP contribution in [0, 0.1) is 13.8 Å². The molecule has 1 aliphatic rings. The van der Waals surface area contributed by atoms with E-state index >= 15 is 0 Å². The Balaban J connectivity index is 1.82. The first kappa shape index (κ1) is 12.0. The van der Waals surface area contributed by atoms with E-state index < -0.39 is 0 Å². The molecule has 0 fully saturated rings. The Morgan fingerprint density at radius 1 is 1.41 bits per heavy atom. The first-order valence-corrected chi connectivity index (χ1v) is 6.26. The maximum absolute atomic E-state index is 4.38. The van der Waals surface area contributed by atoms with Gasteiger partial charge in [-0.2, -0.15) is 0 Å². The molecule has 1 aromatic rings. The molecule has 0 radical (unpaired) electrons. The lowest BCUT2D eigenvalue weighted by atomic mass is 10.0. The maximum Gasteiger partial charge on any atom is 0.191 e. The minimum atomic E-state index is 0.471. The molecule has 0 aromatic heterocycles. The number of hydrogen-bond acceptors (Lipinski definition) is 3. The number of aryl methyl sites for hydroxylation is 2. The van der Waals surface area contributed by atoms with E-state index in [0.29, 0.717) is 6.04 Å². The first-order chi connectivity index (χ1) is 8.15. The number of nitrogens with zero attached hydrogens (tertiary/aromatic N) is 1. The number of nitrogens with one attached hydrogen (secondary N) is 2. The van der Waals surface area contributed by atoms with E-state index in [1.807, 2.05) is 0 Å². The molecule has 17 heavy (non-hydrogen) atoms. The number of rotatable bonds is 3. The van der Waals surface area contributed by atoms with Crippen LogP contribution in [0.2, 0.25) is 0 Å². The van der Waals surface area contributed by atoms with Crippen molar-refractivity contribution in [2.75, 3.05) is 13.1 Å². The lowest BCUT2D eigenvalue weighted by molar-refractivity contribution is 0.712. The molecule has 1 aliphatic heterocycles. The molecule has 0 saturated carbocycles. The van der Waals surface area contributed by atoms with Gasteiger partial charge in [0.25, 0.3) is 0 Å². The average molecular weight is 231 g/mol. The smallest absolute Gasteiger partial charge is 0.191 e. The average Bonchev–Trinajstić information content (AvgIpc) is 2.68. The van der Waals surface area contributed by atoms with Crippen molar-refractivity contribution in [2.45, 2.75) is 33.2 Å². The minimum Gasteiger partial charge on any atom is -0.356 e. The third kappa shape index (κ3) is 3.22. The van der Waals surface area contributed by atoms with Gasteiger partial charge in [-0.1, -0.05) is 23.8 Å². The maximum atomic E-state index is 4.38. The van der Waals surface area contributed by atoms with Gasteiger partial charge in [0.05, 0.1) is 6.54 Å². The number of benzene rings is 1. The summed E-state index contributed by atoms with van der Waals surface area (Å²) in [6.07, 6.45) is 1.04. The highest BCUT2D eigenvalue weighted by atomic mass is 15.2. The lowest BCUT2D eigenvalue weighted by Gasteiger charge is -2.10. The van der Waals surface area contributed by atoms with Crippen LogP contribution in [0.1, 0.15) is 23.6 Å². The summed E-state index contributed by atoms with van der Waals surface area (Å²) in [5, 5.41) is 6.64. The summed E-state index contributed by atoms with van der Waals surface area (Å²) in [5.41, 5.74) is 4.12. The molecule has 1 unspecified atom stereocenters. The third-order valence-electron chi connectivity index (χ3n) is 3.09. The van der Waals surface area contributed by atoms with Crippen molar-refractivity contribution >= 4 is 5.96 Å². The molecule has 0 bridgehead atoms. The molecule has 2 rings (SSSR count). The summed E-state index contributed by atoms with van der Waals surface area (Å²) in [6, 6.07) is 7.11. The first-order valence-electron chi connectivity index (χ1n) is 6.26.